The number of fused-ring (bicyclic) bond motifs is 1. The molecule has 0 saturated carbocycles. The first-order valence-electron chi connectivity index (χ1n) is 4.89. The van der Waals surface area contributed by atoms with Gasteiger partial charge < -0.3 is 9.30 Å². The number of hydrogen-bond acceptors (Lipinski definition) is 3. The van der Waals surface area contributed by atoms with Gasteiger partial charge in [-0.3, -0.25) is 0 Å². The molecule has 86 valence electrons. The molecule has 4 nitrogen and oxygen atoms in total. The Kier molecular flexibility index (Phi) is 3.63. The van der Waals surface area contributed by atoms with Gasteiger partial charge in [-0.2, -0.15) is 4.98 Å². The maximum atomic E-state index is 5.96. The molecule has 2 rings (SSSR count). The Balaban J connectivity index is 2.32. The normalized spacial score (nSPS) is 11.2. The molecule has 2 aromatic rings. The molecule has 0 aliphatic carbocycles. The summed E-state index contributed by atoms with van der Waals surface area (Å²) in [6.07, 6.45) is 2.84. The molecular weight excluding hydrogens is 249 g/mol. The predicted molar refractivity (Wildman–Crippen MR) is 64.0 cm³/mol. The van der Waals surface area contributed by atoms with E-state index >= 15 is 0 Å². The Labute approximate surface area is 103 Å². The number of hydrogen-bond donors (Lipinski definition) is 0. The van der Waals surface area contributed by atoms with Crippen molar-refractivity contribution in [2.75, 3.05) is 13.7 Å². The van der Waals surface area contributed by atoms with Gasteiger partial charge >= 0.3 is 0 Å². The number of nitrogens with zero attached hydrogens (tertiary/aromatic N) is 3. The van der Waals surface area contributed by atoms with Crippen LogP contribution in [0.2, 0.25) is 10.4 Å². The van der Waals surface area contributed by atoms with Gasteiger partial charge in [0.2, 0.25) is 5.28 Å². The maximum Gasteiger partial charge on any atom is 0.225 e. The minimum Gasteiger partial charge on any atom is -0.385 e. The second-order valence-electron chi connectivity index (χ2n) is 3.38. The van der Waals surface area contributed by atoms with E-state index in [4.69, 9.17) is 27.9 Å². The van der Waals surface area contributed by atoms with Crippen molar-refractivity contribution in [2.45, 2.75) is 13.0 Å². The van der Waals surface area contributed by atoms with E-state index in [1.54, 1.807) is 7.11 Å². The zero-order valence-corrected chi connectivity index (χ0v) is 10.3. The number of aromatic nitrogens is 3. The first-order valence-corrected chi connectivity index (χ1v) is 5.65. The van der Waals surface area contributed by atoms with Crippen LogP contribution in [-0.2, 0) is 11.3 Å². The lowest BCUT2D eigenvalue weighted by atomic mass is 10.4. The average Bonchev–Trinajstić information content (AvgIpc) is 2.62. The molecule has 0 saturated heterocycles. The number of methoxy groups -OCH3 is 1. The van der Waals surface area contributed by atoms with E-state index in [-0.39, 0.29) is 5.28 Å². The van der Waals surface area contributed by atoms with E-state index in [2.05, 4.69) is 9.97 Å². The van der Waals surface area contributed by atoms with E-state index in [1.807, 2.05) is 16.8 Å². The second-order valence-corrected chi connectivity index (χ2v) is 4.07. The SMILES string of the molecule is COCCCn1ccc2c(Cl)nc(Cl)nc21. The lowest BCUT2D eigenvalue weighted by Gasteiger charge is -2.04. The molecule has 0 fully saturated rings. The first kappa shape index (κ1) is 11.6. The summed E-state index contributed by atoms with van der Waals surface area (Å²) >= 11 is 11.7. The van der Waals surface area contributed by atoms with Gasteiger partial charge in [0.05, 0.1) is 5.39 Å². The highest BCUT2D eigenvalue weighted by molar-refractivity contribution is 6.35. The van der Waals surface area contributed by atoms with Crippen LogP contribution in [0.5, 0.6) is 0 Å². The van der Waals surface area contributed by atoms with Crippen molar-refractivity contribution < 1.29 is 4.74 Å². The van der Waals surface area contributed by atoms with Crippen LogP contribution in [0.1, 0.15) is 6.42 Å². The van der Waals surface area contributed by atoms with Gasteiger partial charge in [0.25, 0.3) is 0 Å². The summed E-state index contributed by atoms with van der Waals surface area (Å²) < 4.78 is 7.00. The van der Waals surface area contributed by atoms with E-state index in [1.165, 1.54) is 0 Å². The number of ether oxygens (including phenoxy) is 1. The third-order valence-corrected chi connectivity index (χ3v) is 2.75. The van der Waals surface area contributed by atoms with Crippen molar-refractivity contribution in [1.29, 1.82) is 0 Å². The third-order valence-electron chi connectivity index (χ3n) is 2.29. The Morgan fingerprint density at radius 2 is 2.19 bits per heavy atom. The highest BCUT2D eigenvalue weighted by Crippen LogP contribution is 2.23. The van der Waals surface area contributed by atoms with Gasteiger partial charge in [-0.25, -0.2) is 4.98 Å². The first-order chi connectivity index (χ1) is 7.72. The van der Waals surface area contributed by atoms with E-state index in [0.717, 1.165) is 24.0 Å². The van der Waals surface area contributed by atoms with Gasteiger partial charge in [-0.1, -0.05) is 11.6 Å². The molecule has 2 heterocycles. The second kappa shape index (κ2) is 4.99. The molecule has 0 spiro atoms. The molecule has 16 heavy (non-hydrogen) atoms. The van der Waals surface area contributed by atoms with Crippen molar-refractivity contribution in [3.63, 3.8) is 0 Å². The fourth-order valence-electron chi connectivity index (χ4n) is 1.56. The summed E-state index contributed by atoms with van der Waals surface area (Å²) in [4.78, 5) is 8.06. The minimum atomic E-state index is 0.171. The van der Waals surface area contributed by atoms with Crippen LogP contribution in [0.25, 0.3) is 11.0 Å². The molecule has 0 aliphatic rings. The van der Waals surface area contributed by atoms with Crippen LogP contribution < -0.4 is 0 Å². The summed E-state index contributed by atoms with van der Waals surface area (Å²) in [6.45, 7) is 1.53. The van der Waals surface area contributed by atoms with E-state index in [9.17, 15) is 0 Å². The Morgan fingerprint density at radius 3 is 2.94 bits per heavy atom. The molecule has 0 aliphatic heterocycles. The summed E-state index contributed by atoms with van der Waals surface area (Å²) in [7, 11) is 1.68. The van der Waals surface area contributed by atoms with Gasteiger partial charge in [0.1, 0.15) is 10.8 Å². The lowest BCUT2D eigenvalue weighted by Crippen LogP contribution is -2.01. The van der Waals surface area contributed by atoms with Crippen LogP contribution in [0.3, 0.4) is 0 Å². The molecule has 0 bridgehead atoms. The zero-order valence-electron chi connectivity index (χ0n) is 8.78. The van der Waals surface area contributed by atoms with Crippen LogP contribution in [0, 0.1) is 0 Å². The fraction of sp³-hybridized carbons (Fsp3) is 0.400. The Morgan fingerprint density at radius 1 is 1.38 bits per heavy atom. The largest absolute Gasteiger partial charge is 0.385 e. The number of aryl methyl sites for hydroxylation is 1. The molecule has 0 N–H and O–H groups in total. The Bertz CT molecular complexity index is 498. The van der Waals surface area contributed by atoms with Crippen LogP contribution in [0.4, 0.5) is 0 Å². The van der Waals surface area contributed by atoms with Gasteiger partial charge in [-0.05, 0) is 24.1 Å². The van der Waals surface area contributed by atoms with Gasteiger partial charge in [0.15, 0.2) is 0 Å². The third kappa shape index (κ3) is 2.29. The molecule has 0 unspecified atom stereocenters. The quantitative estimate of drug-likeness (QED) is 0.482. The lowest BCUT2D eigenvalue weighted by molar-refractivity contribution is 0.190. The monoisotopic (exact) mass is 259 g/mol. The van der Waals surface area contributed by atoms with Crippen LogP contribution >= 0.6 is 23.2 Å². The summed E-state index contributed by atoms with van der Waals surface area (Å²) in [6, 6.07) is 1.89. The zero-order chi connectivity index (χ0) is 11.5. The molecule has 6 heteroatoms. The number of rotatable bonds is 4. The summed E-state index contributed by atoms with van der Waals surface area (Å²) in [5, 5.41) is 1.38. The van der Waals surface area contributed by atoms with Crippen molar-refractivity contribution in [1.82, 2.24) is 14.5 Å². The minimum absolute atomic E-state index is 0.171. The van der Waals surface area contributed by atoms with Crippen molar-refractivity contribution in [3.05, 3.63) is 22.7 Å². The van der Waals surface area contributed by atoms with E-state index < -0.39 is 0 Å². The standard InChI is InChI=1S/C10H11Cl2N3O/c1-16-6-2-4-15-5-3-7-8(11)13-10(12)14-9(7)15/h3,5H,2,4,6H2,1H3. The van der Waals surface area contributed by atoms with Crippen molar-refractivity contribution in [2.24, 2.45) is 0 Å². The smallest absolute Gasteiger partial charge is 0.225 e. The highest BCUT2D eigenvalue weighted by atomic mass is 35.5. The molecule has 2 aromatic heterocycles. The predicted octanol–water partition coefficient (Wildman–Crippen LogP) is 2.77. The van der Waals surface area contributed by atoms with Crippen LogP contribution in [0.15, 0.2) is 12.3 Å². The molecule has 0 radical (unpaired) electrons. The van der Waals surface area contributed by atoms with Gasteiger partial charge in [0, 0.05) is 26.5 Å². The molecule has 0 amide bonds. The van der Waals surface area contributed by atoms with Gasteiger partial charge in [-0.15, -0.1) is 0 Å². The van der Waals surface area contributed by atoms with E-state index in [0.29, 0.717) is 11.8 Å². The van der Waals surface area contributed by atoms with Crippen LogP contribution in [-0.4, -0.2) is 28.3 Å². The Hall–Kier alpha value is -0.840. The topological polar surface area (TPSA) is 39.9 Å². The fourth-order valence-corrected chi connectivity index (χ4v) is 2.00. The molecule has 0 atom stereocenters. The summed E-state index contributed by atoms with van der Waals surface area (Å²) in [5.41, 5.74) is 0.765. The highest BCUT2D eigenvalue weighted by Gasteiger charge is 2.08. The maximum absolute atomic E-state index is 5.96. The number of halogens is 2. The molecule has 0 aromatic carbocycles. The molecular formula is C10H11Cl2N3O. The summed E-state index contributed by atoms with van der Waals surface area (Å²) in [5.74, 6) is 0. The van der Waals surface area contributed by atoms with Crippen molar-refractivity contribution >= 4 is 34.2 Å². The average molecular weight is 260 g/mol. The van der Waals surface area contributed by atoms with Crippen molar-refractivity contribution in [3.8, 4) is 0 Å².